The van der Waals surface area contributed by atoms with Crippen LogP contribution in [0.4, 0.5) is 5.69 Å². The summed E-state index contributed by atoms with van der Waals surface area (Å²) in [7, 11) is 1.62. The van der Waals surface area contributed by atoms with E-state index in [0.29, 0.717) is 13.0 Å². The summed E-state index contributed by atoms with van der Waals surface area (Å²) in [6, 6.07) is 3.84. The van der Waals surface area contributed by atoms with Crippen molar-refractivity contribution in [1.82, 2.24) is 4.90 Å². The number of nitrogens with zero attached hydrogens (tertiary/aromatic N) is 2. The number of hydrogen-bond donors (Lipinski definition) is 0. The Morgan fingerprint density at radius 1 is 1.47 bits per heavy atom. The molecule has 0 N–H and O–H groups in total. The highest BCUT2D eigenvalue weighted by Crippen LogP contribution is 2.21. The lowest BCUT2D eigenvalue weighted by Gasteiger charge is -2.17. The standard InChI is InChI=1S/C12H14Cl2N2O3/c1-8(13)3-4-15(2)12(17)9-5-10(14)7-11(6-9)16(18)19/h5-8H,3-4H2,1-2H3. The van der Waals surface area contributed by atoms with Crippen LogP contribution in [0.3, 0.4) is 0 Å². The van der Waals surface area contributed by atoms with Crippen LogP contribution in [0.5, 0.6) is 0 Å². The minimum atomic E-state index is -0.580. The summed E-state index contributed by atoms with van der Waals surface area (Å²) < 4.78 is 0. The van der Waals surface area contributed by atoms with Crippen molar-refractivity contribution < 1.29 is 9.72 Å². The lowest BCUT2D eigenvalue weighted by molar-refractivity contribution is -0.384. The molecule has 0 aromatic heterocycles. The highest BCUT2D eigenvalue weighted by atomic mass is 35.5. The topological polar surface area (TPSA) is 63.5 Å². The second kappa shape index (κ2) is 6.73. The number of benzene rings is 1. The molecule has 0 fully saturated rings. The number of carbonyl (C=O) groups excluding carboxylic acids is 1. The molecular weight excluding hydrogens is 291 g/mol. The summed E-state index contributed by atoms with van der Waals surface area (Å²) in [6.45, 7) is 2.31. The summed E-state index contributed by atoms with van der Waals surface area (Å²) in [6.07, 6.45) is 0.645. The minimum Gasteiger partial charge on any atom is -0.342 e. The number of nitro groups is 1. The van der Waals surface area contributed by atoms with Gasteiger partial charge in [-0.05, 0) is 19.4 Å². The minimum absolute atomic E-state index is 0.0380. The number of non-ortho nitro benzene ring substituents is 1. The molecule has 1 unspecified atom stereocenters. The Bertz CT molecular complexity index is 492. The Labute approximate surface area is 121 Å². The Balaban J connectivity index is 2.90. The Hall–Kier alpha value is -1.33. The maximum Gasteiger partial charge on any atom is 0.271 e. The lowest BCUT2D eigenvalue weighted by Crippen LogP contribution is -2.28. The predicted octanol–water partition coefficient (Wildman–Crippen LogP) is 3.34. The van der Waals surface area contributed by atoms with Crippen LogP contribution in [0, 0.1) is 10.1 Å². The van der Waals surface area contributed by atoms with E-state index in [2.05, 4.69) is 0 Å². The summed E-state index contributed by atoms with van der Waals surface area (Å²) in [5.74, 6) is -0.317. The van der Waals surface area contributed by atoms with E-state index in [9.17, 15) is 14.9 Å². The first-order chi connectivity index (χ1) is 8.81. The van der Waals surface area contributed by atoms with Crippen molar-refractivity contribution in [3.63, 3.8) is 0 Å². The molecule has 1 rings (SSSR count). The number of halogens is 2. The van der Waals surface area contributed by atoms with Crippen LogP contribution >= 0.6 is 23.2 Å². The quantitative estimate of drug-likeness (QED) is 0.476. The molecule has 0 aliphatic rings. The summed E-state index contributed by atoms with van der Waals surface area (Å²) in [5, 5.41) is 10.8. The molecule has 1 atom stereocenters. The van der Waals surface area contributed by atoms with Gasteiger partial charge in [-0.25, -0.2) is 0 Å². The second-order valence-corrected chi connectivity index (χ2v) is 5.43. The molecule has 1 amide bonds. The Morgan fingerprint density at radius 3 is 2.63 bits per heavy atom. The van der Waals surface area contributed by atoms with Gasteiger partial charge >= 0.3 is 0 Å². The van der Waals surface area contributed by atoms with E-state index in [-0.39, 0.29) is 27.6 Å². The summed E-state index contributed by atoms with van der Waals surface area (Å²) in [5.41, 5.74) is -0.00103. The van der Waals surface area contributed by atoms with E-state index < -0.39 is 4.92 Å². The molecule has 5 nitrogen and oxygen atoms in total. The molecular formula is C12H14Cl2N2O3. The van der Waals surface area contributed by atoms with Gasteiger partial charge in [-0.1, -0.05) is 11.6 Å². The van der Waals surface area contributed by atoms with E-state index in [1.54, 1.807) is 7.05 Å². The van der Waals surface area contributed by atoms with Crippen molar-refractivity contribution >= 4 is 34.8 Å². The summed E-state index contributed by atoms with van der Waals surface area (Å²) in [4.78, 5) is 23.7. The molecule has 0 heterocycles. The van der Waals surface area contributed by atoms with E-state index in [1.807, 2.05) is 6.92 Å². The number of carbonyl (C=O) groups is 1. The third-order valence-electron chi connectivity index (χ3n) is 2.55. The second-order valence-electron chi connectivity index (χ2n) is 4.25. The molecule has 1 aromatic carbocycles. The van der Waals surface area contributed by atoms with Crippen LogP contribution < -0.4 is 0 Å². The predicted molar refractivity (Wildman–Crippen MR) is 75.0 cm³/mol. The van der Waals surface area contributed by atoms with Gasteiger partial charge in [0.05, 0.1) is 4.92 Å². The maximum absolute atomic E-state index is 12.1. The Kier molecular flexibility index (Phi) is 5.57. The molecule has 104 valence electrons. The van der Waals surface area contributed by atoms with E-state index in [1.165, 1.54) is 23.1 Å². The molecule has 0 saturated heterocycles. The first-order valence-corrected chi connectivity index (χ1v) is 6.47. The number of rotatable bonds is 5. The molecule has 0 bridgehead atoms. The summed E-state index contributed by atoms with van der Waals surface area (Å²) >= 11 is 11.6. The molecule has 19 heavy (non-hydrogen) atoms. The van der Waals surface area contributed by atoms with Gasteiger partial charge in [-0.2, -0.15) is 0 Å². The lowest BCUT2D eigenvalue weighted by atomic mass is 10.1. The average molecular weight is 305 g/mol. The van der Waals surface area contributed by atoms with Crippen molar-refractivity contribution in [2.45, 2.75) is 18.7 Å². The highest BCUT2D eigenvalue weighted by Gasteiger charge is 2.17. The van der Waals surface area contributed by atoms with Gasteiger partial charge in [0.2, 0.25) is 0 Å². The van der Waals surface area contributed by atoms with E-state index in [4.69, 9.17) is 23.2 Å². The largest absolute Gasteiger partial charge is 0.342 e. The highest BCUT2D eigenvalue weighted by molar-refractivity contribution is 6.31. The van der Waals surface area contributed by atoms with Gasteiger partial charge in [-0.3, -0.25) is 14.9 Å². The normalized spacial score (nSPS) is 12.0. The third-order valence-corrected chi connectivity index (χ3v) is 2.99. The van der Waals surface area contributed by atoms with Crippen LogP contribution in [-0.4, -0.2) is 34.7 Å². The molecule has 7 heteroatoms. The van der Waals surface area contributed by atoms with Crippen molar-refractivity contribution in [2.75, 3.05) is 13.6 Å². The van der Waals surface area contributed by atoms with Gasteiger partial charge in [0.15, 0.2) is 0 Å². The maximum atomic E-state index is 12.1. The molecule has 1 aromatic rings. The van der Waals surface area contributed by atoms with Gasteiger partial charge < -0.3 is 4.90 Å². The smallest absolute Gasteiger partial charge is 0.271 e. The van der Waals surface area contributed by atoms with Crippen LogP contribution in [0.1, 0.15) is 23.7 Å². The van der Waals surface area contributed by atoms with Gasteiger partial charge in [-0.15, -0.1) is 11.6 Å². The first-order valence-electron chi connectivity index (χ1n) is 5.65. The van der Waals surface area contributed by atoms with Gasteiger partial charge in [0.1, 0.15) is 0 Å². The van der Waals surface area contributed by atoms with E-state index in [0.717, 1.165) is 0 Å². The zero-order valence-electron chi connectivity index (χ0n) is 10.6. The monoisotopic (exact) mass is 304 g/mol. The molecule has 0 aliphatic carbocycles. The number of alkyl halides is 1. The SMILES string of the molecule is CC(Cl)CCN(C)C(=O)c1cc(Cl)cc([N+](=O)[O-])c1. The Morgan fingerprint density at radius 2 is 2.11 bits per heavy atom. The van der Waals surface area contributed by atoms with Crippen LogP contribution in [0.15, 0.2) is 18.2 Å². The fourth-order valence-electron chi connectivity index (χ4n) is 1.50. The third kappa shape index (κ3) is 4.69. The number of hydrogen-bond acceptors (Lipinski definition) is 3. The van der Waals surface area contributed by atoms with Crippen LogP contribution in [0.2, 0.25) is 5.02 Å². The first kappa shape index (κ1) is 15.7. The zero-order chi connectivity index (χ0) is 14.6. The van der Waals surface area contributed by atoms with Crippen LogP contribution in [0.25, 0.3) is 0 Å². The van der Waals surface area contributed by atoms with Crippen LogP contribution in [-0.2, 0) is 0 Å². The fraction of sp³-hybridized carbons (Fsp3) is 0.417. The molecule has 0 spiro atoms. The average Bonchev–Trinajstić information content (AvgIpc) is 2.34. The van der Waals surface area contributed by atoms with Gasteiger partial charge in [0, 0.05) is 41.7 Å². The molecule has 0 aliphatic heterocycles. The van der Waals surface area contributed by atoms with Crippen molar-refractivity contribution in [3.8, 4) is 0 Å². The van der Waals surface area contributed by atoms with Crippen molar-refractivity contribution in [3.05, 3.63) is 38.9 Å². The van der Waals surface area contributed by atoms with Crippen molar-refractivity contribution in [1.29, 1.82) is 0 Å². The van der Waals surface area contributed by atoms with E-state index >= 15 is 0 Å². The number of amides is 1. The molecule has 0 saturated carbocycles. The fourth-order valence-corrected chi connectivity index (χ4v) is 1.82. The molecule has 0 radical (unpaired) electrons. The zero-order valence-corrected chi connectivity index (χ0v) is 12.1. The van der Waals surface area contributed by atoms with Gasteiger partial charge in [0.25, 0.3) is 11.6 Å². The number of nitro benzene ring substituents is 1. The van der Waals surface area contributed by atoms with Crippen molar-refractivity contribution in [2.24, 2.45) is 0 Å².